The molecule has 108 valence electrons. The normalized spacial score (nSPS) is 22.2. The number of likely N-dealkylation sites (tertiary alicyclic amines) is 1. The van der Waals surface area contributed by atoms with Gasteiger partial charge in [-0.25, -0.2) is 4.79 Å². The summed E-state index contributed by atoms with van der Waals surface area (Å²) in [6.07, 6.45) is 3.28. The van der Waals surface area contributed by atoms with Crippen LogP contribution < -0.4 is 10.6 Å². The molecule has 2 heterocycles. The number of unbranched alkanes of at least 4 members (excludes halogenated alkanes) is 1. The van der Waals surface area contributed by atoms with E-state index in [-0.39, 0.29) is 17.5 Å². The monoisotopic (exact) mass is 269 g/mol. The van der Waals surface area contributed by atoms with E-state index in [1.54, 1.807) is 4.90 Å². The number of hydrogen-bond acceptors (Lipinski definition) is 4. The highest BCUT2D eigenvalue weighted by Gasteiger charge is 2.39. The van der Waals surface area contributed by atoms with E-state index >= 15 is 0 Å². The van der Waals surface area contributed by atoms with Crippen molar-refractivity contribution < 1.29 is 14.3 Å². The molecule has 0 aromatic rings. The Labute approximate surface area is 113 Å². The SMILES string of the molecule is CCCCOC(=O)N1CCC2(CC1)CNCC(=O)N2. The lowest BCUT2D eigenvalue weighted by Crippen LogP contribution is -2.65. The first-order valence-electron chi connectivity index (χ1n) is 7.09. The Bertz CT molecular complexity index is 338. The number of piperazine rings is 1. The highest BCUT2D eigenvalue weighted by atomic mass is 16.6. The minimum Gasteiger partial charge on any atom is -0.449 e. The zero-order valence-corrected chi connectivity index (χ0v) is 11.5. The lowest BCUT2D eigenvalue weighted by Gasteiger charge is -2.44. The number of carbonyl (C=O) groups is 2. The van der Waals surface area contributed by atoms with Gasteiger partial charge in [-0.2, -0.15) is 0 Å². The van der Waals surface area contributed by atoms with Crippen molar-refractivity contribution >= 4 is 12.0 Å². The van der Waals surface area contributed by atoms with Gasteiger partial charge in [-0.1, -0.05) is 13.3 Å². The topological polar surface area (TPSA) is 70.7 Å². The fourth-order valence-electron chi connectivity index (χ4n) is 2.61. The number of carbonyl (C=O) groups excluding carboxylic acids is 2. The van der Waals surface area contributed by atoms with E-state index in [0.29, 0.717) is 26.2 Å². The van der Waals surface area contributed by atoms with Gasteiger partial charge in [0.1, 0.15) is 0 Å². The summed E-state index contributed by atoms with van der Waals surface area (Å²) in [5.74, 6) is 0.0465. The van der Waals surface area contributed by atoms with Crippen LogP contribution in [0.4, 0.5) is 4.79 Å². The van der Waals surface area contributed by atoms with Crippen molar-refractivity contribution in [3.05, 3.63) is 0 Å². The average molecular weight is 269 g/mol. The summed E-state index contributed by atoms with van der Waals surface area (Å²) in [5.41, 5.74) is -0.171. The standard InChI is InChI=1S/C13H23N3O3/c1-2-3-8-19-12(18)16-6-4-13(5-7-16)10-14-9-11(17)15-13/h14H,2-10H2,1H3,(H,15,17). The van der Waals surface area contributed by atoms with Crippen LogP contribution in [0.15, 0.2) is 0 Å². The molecule has 2 fully saturated rings. The fraction of sp³-hybridized carbons (Fsp3) is 0.846. The molecule has 1 spiro atoms. The van der Waals surface area contributed by atoms with Crippen molar-refractivity contribution in [1.82, 2.24) is 15.5 Å². The Morgan fingerprint density at radius 3 is 2.79 bits per heavy atom. The molecule has 0 saturated carbocycles. The van der Waals surface area contributed by atoms with Gasteiger partial charge < -0.3 is 20.3 Å². The van der Waals surface area contributed by atoms with Gasteiger partial charge in [0.05, 0.1) is 18.7 Å². The molecule has 0 atom stereocenters. The second-order valence-corrected chi connectivity index (χ2v) is 5.39. The molecule has 2 rings (SSSR count). The summed E-state index contributed by atoms with van der Waals surface area (Å²) < 4.78 is 5.20. The predicted molar refractivity (Wildman–Crippen MR) is 70.8 cm³/mol. The van der Waals surface area contributed by atoms with Crippen LogP contribution in [-0.4, -0.2) is 55.2 Å². The molecule has 0 radical (unpaired) electrons. The minimum atomic E-state index is -0.224. The molecule has 0 aromatic heterocycles. The fourth-order valence-corrected chi connectivity index (χ4v) is 2.61. The van der Waals surface area contributed by atoms with Crippen LogP contribution in [0, 0.1) is 0 Å². The van der Waals surface area contributed by atoms with E-state index in [9.17, 15) is 9.59 Å². The highest BCUT2D eigenvalue weighted by Crippen LogP contribution is 2.23. The maximum Gasteiger partial charge on any atom is 0.409 e. The molecule has 2 saturated heterocycles. The second kappa shape index (κ2) is 6.23. The van der Waals surface area contributed by atoms with E-state index < -0.39 is 0 Å². The maximum absolute atomic E-state index is 11.8. The molecule has 6 heteroatoms. The van der Waals surface area contributed by atoms with E-state index in [2.05, 4.69) is 17.6 Å². The average Bonchev–Trinajstić information content (AvgIpc) is 2.39. The number of amides is 2. The van der Waals surface area contributed by atoms with Crippen LogP contribution in [-0.2, 0) is 9.53 Å². The molecule has 2 N–H and O–H groups in total. The minimum absolute atomic E-state index is 0.0465. The zero-order valence-electron chi connectivity index (χ0n) is 11.5. The molecule has 6 nitrogen and oxygen atoms in total. The zero-order chi connectivity index (χ0) is 13.7. The number of rotatable bonds is 3. The first-order valence-corrected chi connectivity index (χ1v) is 7.09. The molecule has 2 aliphatic rings. The van der Waals surface area contributed by atoms with Crippen LogP contribution >= 0.6 is 0 Å². The first-order chi connectivity index (χ1) is 9.15. The van der Waals surface area contributed by atoms with Crippen LogP contribution in [0.1, 0.15) is 32.6 Å². The van der Waals surface area contributed by atoms with Gasteiger partial charge in [0, 0.05) is 19.6 Å². The lowest BCUT2D eigenvalue weighted by atomic mass is 9.86. The van der Waals surface area contributed by atoms with E-state index in [0.717, 1.165) is 32.2 Å². The Morgan fingerprint density at radius 2 is 2.16 bits per heavy atom. The van der Waals surface area contributed by atoms with Crippen LogP contribution in [0.2, 0.25) is 0 Å². The quantitative estimate of drug-likeness (QED) is 0.731. The Kier molecular flexibility index (Phi) is 4.63. The van der Waals surface area contributed by atoms with Gasteiger partial charge in [0.15, 0.2) is 0 Å². The van der Waals surface area contributed by atoms with Crippen LogP contribution in [0.3, 0.4) is 0 Å². The van der Waals surface area contributed by atoms with Gasteiger partial charge in [-0.3, -0.25) is 4.79 Å². The van der Waals surface area contributed by atoms with Crippen molar-refractivity contribution in [3.63, 3.8) is 0 Å². The van der Waals surface area contributed by atoms with Crippen molar-refractivity contribution in [1.29, 1.82) is 0 Å². The van der Waals surface area contributed by atoms with Gasteiger partial charge in [-0.15, -0.1) is 0 Å². The summed E-state index contributed by atoms with van der Waals surface area (Å²) in [6.45, 7) is 5.04. The van der Waals surface area contributed by atoms with Crippen molar-refractivity contribution in [2.24, 2.45) is 0 Å². The molecule has 0 aliphatic carbocycles. The van der Waals surface area contributed by atoms with Crippen molar-refractivity contribution in [2.45, 2.75) is 38.1 Å². The molecule has 0 bridgehead atoms. The van der Waals surface area contributed by atoms with E-state index in [1.807, 2.05) is 0 Å². The molecular formula is C13H23N3O3. The molecule has 2 aliphatic heterocycles. The van der Waals surface area contributed by atoms with Crippen LogP contribution in [0.5, 0.6) is 0 Å². The summed E-state index contributed by atoms with van der Waals surface area (Å²) in [7, 11) is 0. The van der Waals surface area contributed by atoms with Gasteiger partial charge in [0.2, 0.25) is 5.91 Å². The van der Waals surface area contributed by atoms with Crippen molar-refractivity contribution in [2.75, 3.05) is 32.8 Å². The van der Waals surface area contributed by atoms with Crippen molar-refractivity contribution in [3.8, 4) is 0 Å². The Hall–Kier alpha value is -1.30. The second-order valence-electron chi connectivity index (χ2n) is 5.39. The molecule has 2 amide bonds. The first kappa shape index (κ1) is 14.1. The molecular weight excluding hydrogens is 246 g/mol. The van der Waals surface area contributed by atoms with Gasteiger partial charge in [0.25, 0.3) is 0 Å². The lowest BCUT2D eigenvalue weighted by molar-refractivity contribution is -0.124. The number of ether oxygens (including phenoxy) is 1. The highest BCUT2D eigenvalue weighted by molar-refractivity contribution is 5.80. The smallest absolute Gasteiger partial charge is 0.409 e. The summed E-state index contributed by atoms with van der Waals surface area (Å²) in [4.78, 5) is 25.0. The van der Waals surface area contributed by atoms with E-state index in [1.165, 1.54) is 0 Å². The third kappa shape index (κ3) is 3.59. The third-order valence-corrected chi connectivity index (χ3v) is 3.86. The van der Waals surface area contributed by atoms with Crippen LogP contribution in [0.25, 0.3) is 0 Å². The van der Waals surface area contributed by atoms with E-state index in [4.69, 9.17) is 4.74 Å². The summed E-state index contributed by atoms with van der Waals surface area (Å²) in [5, 5.41) is 6.20. The summed E-state index contributed by atoms with van der Waals surface area (Å²) in [6, 6.07) is 0. The molecule has 19 heavy (non-hydrogen) atoms. The maximum atomic E-state index is 11.8. The summed E-state index contributed by atoms with van der Waals surface area (Å²) >= 11 is 0. The largest absolute Gasteiger partial charge is 0.449 e. The molecule has 0 unspecified atom stereocenters. The molecule has 0 aromatic carbocycles. The van der Waals surface area contributed by atoms with Gasteiger partial charge >= 0.3 is 6.09 Å². The Morgan fingerprint density at radius 1 is 1.42 bits per heavy atom. The predicted octanol–water partition coefficient (Wildman–Crippen LogP) is 0.477. The number of nitrogens with one attached hydrogen (secondary N) is 2. The number of piperidine rings is 1. The number of nitrogens with zero attached hydrogens (tertiary/aromatic N) is 1. The third-order valence-electron chi connectivity index (χ3n) is 3.86. The van der Waals surface area contributed by atoms with Gasteiger partial charge in [-0.05, 0) is 19.3 Å². The Balaban J connectivity index is 1.78. The number of hydrogen-bond donors (Lipinski definition) is 2.